The number of carboxylic acid groups (broad SMARTS) is 1. The van der Waals surface area contributed by atoms with E-state index in [1.165, 1.54) is 54.8 Å². The molecule has 0 saturated carbocycles. The zero-order valence-corrected chi connectivity index (χ0v) is 27.3. The maximum Gasteiger partial charge on any atom is 0.352 e. The van der Waals surface area contributed by atoms with Crippen LogP contribution in [0.4, 0.5) is 5.13 Å². The van der Waals surface area contributed by atoms with Gasteiger partial charge in [0.2, 0.25) is 5.60 Å². The molecule has 7 N–H and O–H groups in total. The Morgan fingerprint density at radius 1 is 1.28 bits per heavy atom. The summed E-state index contributed by atoms with van der Waals surface area (Å²) in [6.45, 7) is 4.78. The Labute approximate surface area is 273 Å². The number of ether oxygens (including phenoxy) is 1. The predicted molar refractivity (Wildman–Crippen MR) is 167 cm³/mol. The molecule has 1 fully saturated rings. The molecule has 3 aromatic rings. The normalized spacial score (nSPS) is 18.3. The number of amides is 3. The van der Waals surface area contributed by atoms with E-state index >= 15 is 0 Å². The Morgan fingerprint density at radius 3 is 2.70 bits per heavy atom. The number of nitrogen functional groups attached to an aromatic ring is 1. The largest absolute Gasteiger partial charge is 0.477 e. The summed E-state index contributed by atoms with van der Waals surface area (Å²) in [4.78, 5) is 70.5. The van der Waals surface area contributed by atoms with Crippen LogP contribution in [0.25, 0.3) is 5.78 Å². The van der Waals surface area contributed by atoms with E-state index in [4.69, 9.17) is 21.2 Å². The van der Waals surface area contributed by atoms with Crippen LogP contribution >= 0.6 is 34.9 Å². The first-order valence-electron chi connectivity index (χ1n) is 13.4. The average molecular weight is 692 g/mol. The van der Waals surface area contributed by atoms with Gasteiger partial charge in [-0.1, -0.05) is 5.16 Å². The second-order valence-corrected chi connectivity index (χ2v) is 13.4. The molecule has 3 amide bonds. The van der Waals surface area contributed by atoms with E-state index < -0.39 is 40.7 Å². The van der Waals surface area contributed by atoms with Crippen molar-refractivity contribution in [1.29, 1.82) is 0 Å². The first-order valence-corrected chi connectivity index (χ1v) is 16.3. The predicted octanol–water partition coefficient (Wildman–Crippen LogP) is -0.362. The molecule has 0 aromatic carbocycles. The van der Waals surface area contributed by atoms with Gasteiger partial charge in [-0.3, -0.25) is 24.7 Å². The summed E-state index contributed by atoms with van der Waals surface area (Å²) in [6.07, 6.45) is 0. The number of thiazole rings is 1. The van der Waals surface area contributed by atoms with Gasteiger partial charge in [0, 0.05) is 29.7 Å². The first kappa shape index (κ1) is 33.1. The highest BCUT2D eigenvalue weighted by Gasteiger charge is 2.54. The summed E-state index contributed by atoms with van der Waals surface area (Å²) in [5, 5.41) is 22.6. The zero-order valence-electron chi connectivity index (χ0n) is 24.8. The SMILES string of the molecule is COCc1nc2nc(C)cc(SCC3=C(C(=O)O)N4C(=O)C(NC(=O)C(=NOC(C)(C)C(=O)NN)c5csc(N)n5)[C@@H]4SC3)n2n1. The minimum absolute atomic E-state index is 0.0523. The number of aryl methyl sites for hydroxylation is 1. The Kier molecular flexibility index (Phi) is 9.49. The van der Waals surface area contributed by atoms with E-state index in [0.717, 1.165) is 11.3 Å². The molecule has 21 heteroatoms. The number of nitrogens with two attached hydrogens (primary N) is 2. The maximum atomic E-state index is 13.4. The Morgan fingerprint density at radius 2 is 2.04 bits per heavy atom. The number of carbonyl (C=O) groups is 4. The van der Waals surface area contributed by atoms with Crippen molar-refractivity contribution in [3.05, 3.63) is 39.9 Å². The number of nitrogens with one attached hydrogen (secondary N) is 2. The van der Waals surface area contributed by atoms with Crippen molar-refractivity contribution in [2.75, 3.05) is 24.3 Å². The van der Waals surface area contributed by atoms with Crippen LogP contribution in [-0.2, 0) is 35.4 Å². The second-order valence-electron chi connectivity index (χ2n) is 10.4. The van der Waals surface area contributed by atoms with Crippen molar-refractivity contribution in [1.82, 2.24) is 40.2 Å². The molecule has 5 rings (SSSR count). The molecule has 0 radical (unpaired) electrons. The lowest BCUT2D eigenvalue weighted by Crippen LogP contribution is -2.71. The minimum atomic E-state index is -1.55. The van der Waals surface area contributed by atoms with Gasteiger partial charge in [0.25, 0.3) is 23.5 Å². The monoisotopic (exact) mass is 691 g/mol. The van der Waals surface area contributed by atoms with Crippen LogP contribution in [0.3, 0.4) is 0 Å². The molecule has 0 spiro atoms. The number of fused-ring (bicyclic) bond motifs is 2. The van der Waals surface area contributed by atoms with Gasteiger partial charge in [-0.15, -0.1) is 40.0 Å². The summed E-state index contributed by atoms with van der Waals surface area (Å²) in [6, 6.07) is 0.741. The summed E-state index contributed by atoms with van der Waals surface area (Å²) >= 11 is 3.68. The molecule has 244 valence electrons. The van der Waals surface area contributed by atoms with Crippen molar-refractivity contribution in [3.8, 4) is 0 Å². The highest BCUT2D eigenvalue weighted by atomic mass is 32.2. The van der Waals surface area contributed by atoms with Crippen molar-refractivity contribution in [3.63, 3.8) is 0 Å². The fourth-order valence-electron chi connectivity index (χ4n) is 4.43. The van der Waals surface area contributed by atoms with Crippen LogP contribution in [0.1, 0.15) is 31.1 Å². The zero-order chi connectivity index (χ0) is 33.3. The van der Waals surface area contributed by atoms with Crippen LogP contribution in [0, 0.1) is 6.92 Å². The van der Waals surface area contributed by atoms with Crippen molar-refractivity contribution in [2.45, 2.75) is 49.4 Å². The van der Waals surface area contributed by atoms with Crippen molar-refractivity contribution < 1.29 is 33.9 Å². The lowest BCUT2D eigenvalue weighted by atomic mass is 10.0. The van der Waals surface area contributed by atoms with Crippen LogP contribution in [0.15, 0.2) is 32.9 Å². The maximum absolute atomic E-state index is 13.4. The van der Waals surface area contributed by atoms with Crippen LogP contribution in [-0.4, -0.2) is 99.6 Å². The number of hydrogen-bond acceptors (Lipinski definition) is 16. The number of rotatable bonds is 12. The molecule has 2 aliphatic heterocycles. The number of carboxylic acids is 1. The van der Waals surface area contributed by atoms with Gasteiger partial charge < -0.3 is 25.7 Å². The lowest BCUT2D eigenvalue weighted by molar-refractivity contribution is -0.150. The summed E-state index contributed by atoms with van der Waals surface area (Å²) in [5.41, 5.74) is 6.92. The third-order valence-corrected chi connectivity index (χ3v) is 9.77. The molecule has 0 aliphatic carbocycles. The molecule has 2 atom stereocenters. The van der Waals surface area contributed by atoms with Gasteiger partial charge >= 0.3 is 5.97 Å². The second kappa shape index (κ2) is 13.2. The van der Waals surface area contributed by atoms with E-state index in [-0.39, 0.29) is 40.3 Å². The highest BCUT2D eigenvalue weighted by Crippen LogP contribution is 2.41. The number of aromatic nitrogens is 5. The lowest BCUT2D eigenvalue weighted by Gasteiger charge is -2.49. The molecule has 18 nitrogen and oxygen atoms in total. The van der Waals surface area contributed by atoms with E-state index in [2.05, 4.69) is 30.5 Å². The summed E-state index contributed by atoms with van der Waals surface area (Å²) in [7, 11) is 1.53. The van der Waals surface area contributed by atoms with Gasteiger partial charge in [0.15, 0.2) is 16.7 Å². The molecule has 0 bridgehead atoms. The van der Waals surface area contributed by atoms with Crippen molar-refractivity contribution >= 4 is 75.2 Å². The number of oxime groups is 1. The van der Waals surface area contributed by atoms with Crippen LogP contribution < -0.4 is 22.3 Å². The van der Waals surface area contributed by atoms with E-state index in [1.807, 2.05) is 18.4 Å². The smallest absolute Gasteiger partial charge is 0.352 e. The van der Waals surface area contributed by atoms with Gasteiger partial charge in [0.05, 0.1) is 0 Å². The molecule has 5 heterocycles. The quantitative estimate of drug-likeness (QED) is 0.0309. The summed E-state index contributed by atoms with van der Waals surface area (Å²) in [5.74, 6) is 3.12. The van der Waals surface area contributed by atoms with Crippen LogP contribution in [0.2, 0.25) is 0 Å². The fraction of sp³-hybridized carbons (Fsp3) is 0.400. The number of hydrazine groups is 1. The minimum Gasteiger partial charge on any atom is -0.477 e. The number of hydrogen-bond donors (Lipinski definition) is 5. The molecule has 1 unspecified atom stereocenters. The van der Waals surface area contributed by atoms with E-state index in [1.54, 1.807) is 4.52 Å². The number of anilines is 1. The molecular weight excluding hydrogens is 663 g/mol. The number of β-lactam (4-membered cyclic amide) rings is 1. The highest BCUT2D eigenvalue weighted by molar-refractivity contribution is 8.01. The molecule has 46 heavy (non-hydrogen) atoms. The number of carbonyl (C=O) groups excluding carboxylic acids is 3. The van der Waals surface area contributed by atoms with Gasteiger partial charge in [-0.2, -0.15) is 9.50 Å². The Bertz CT molecular complexity index is 1790. The first-order chi connectivity index (χ1) is 21.8. The Balaban J connectivity index is 1.34. The van der Waals surface area contributed by atoms with Gasteiger partial charge in [-0.05, 0) is 32.4 Å². The summed E-state index contributed by atoms with van der Waals surface area (Å²) < 4.78 is 6.68. The van der Waals surface area contributed by atoms with E-state index in [0.29, 0.717) is 27.9 Å². The van der Waals surface area contributed by atoms with Gasteiger partial charge in [-0.25, -0.2) is 20.6 Å². The molecule has 2 aliphatic rings. The number of aliphatic carboxylic acids is 1. The topological polar surface area (TPSA) is 255 Å². The fourth-order valence-corrected chi connectivity index (χ4v) is 7.51. The van der Waals surface area contributed by atoms with Gasteiger partial charge in [0.1, 0.15) is 34.4 Å². The standard InChI is InChI=1S/C25H29N11O7S3/c1-10-5-14(36-24(28-10)30-13(33-36)6-42-4)44-7-11-8-45-20-16(19(38)35(20)17(11)21(39)40)31-18(37)15(12-9-46-23(26)29-12)34-43-25(2,3)22(41)32-27/h5,9,16,20H,6-8,27H2,1-4H3,(H2,26,29)(H,31,37)(H,32,41)(H,39,40)/t16?,20-/m0/s1. The third kappa shape index (κ3) is 6.49. The molecule has 1 saturated heterocycles. The molecule has 3 aromatic heterocycles. The van der Waals surface area contributed by atoms with Crippen molar-refractivity contribution in [2.24, 2.45) is 11.0 Å². The number of thioether (sulfide) groups is 2. The average Bonchev–Trinajstić information content (AvgIpc) is 3.63. The Hall–Kier alpha value is -4.31. The molecular formula is C25H29N11O7S3. The van der Waals surface area contributed by atoms with E-state index in [9.17, 15) is 24.3 Å². The number of nitrogens with zero attached hydrogens (tertiary/aromatic N) is 7. The van der Waals surface area contributed by atoms with Crippen LogP contribution in [0.5, 0.6) is 0 Å². The third-order valence-electron chi connectivity index (χ3n) is 6.68. The number of methoxy groups -OCH3 is 1.